The van der Waals surface area contributed by atoms with E-state index in [1.807, 2.05) is 0 Å². The van der Waals surface area contributed by atoms with Crippen LogP contribution in [0.2, 0.25) is 0 Å². The molecule has 0 aromatic rings. The van der Waals surface area contributed by atoms with E-state index < -0.39 is 21.8 Å². The SMILES string of the molecule is CC1=CC2C(C)C[C@H](C)C[C@@H](NS(=O)(=O)C(=S)N/C(C)=C(\C)C(C)(C)O)NC2C(C(C)C)=C1. The highest BCUT2D eigenvalue weighted by Crippen LogP contribution is 2.37. The third-order valence-electron chi connectivity index (χ3n) is 7.02. The predicted molar refractivity (Wildman–Crippen MR) is 141 cm³/mol. The molecule has 4 N–H and O–H groups in total. The van der Waals surface area contributed by atoms with E-state index >= 15 is 0 Å². The van der Waals surface area contributed by atoms with Crippen molar-refractivity contribution in [2.24, 2.45) is 23.7 Å². The van der Waals surface area contributed by atoms with Crippen LogP contribution < -0.4 is 15.4 Å². The Kier molecular flexibility index (Phi) is 9.13. The van der Waals surface area contributed by atoms with E-state index in [1.54, 1.807) is 27.7 Å². The summed E-state index contributed by atoms with van der Waals surface area (Å²) in [6.07, 6.45) is 5.85. The molecule has 5 atom stereocenters. The Hall–Kier alpha value is -1.06. The van der Waals surface area contributed by atoms with E-state index in [1.165, 1.54) is 11.1 Å². The Morgan fingerprint density at radius 2 is 1.85 bits per heavy atom. The molecule has 0 saturated carbocycles. The molecule has 0 radical (unpaired) electrons. The molecule has 188 valence electrons. The van der Waals surface area contributed by atoms with Crippen LogP contribution in [0.5, 0.6) is 0 Å². The molecule has 0 amide bonds. The Bertz CT molecular complexity index is 942. The number of fused-ring (bicyclic) bond motifs is 1. The quantitative estimate of drug-likeness (QED) is 0.422. The second-order valence-electron chi connectivity index (χ2n) is 10.9. The van der Waals surface area contributed by atoms with Gasteiger partial charge in [0.25, 0.3) is 10.0 Å². The Morgan fingerprint density at radius 3 is 2.39 bits per heavy atom. The molecule has 3 unspecified atom stereocenters. The van der Waals surface area contributed by atoms with Gasteiger partial charge in [0.05, 0.1) is 11.8 Å². The topological polar surface area (TPSA) is 90.5 Å². The fraction of sp³-hybridized carbons (Fsp3) is 0.720. The minimum absolute atomic E-state index is 0.0736. The monoisotopic (exact) mass is 497 g/mol. The number of nitrogens with one attached hydrogen (secondary N) is 3. The molecule has 0 aromatic heterocycles. The lowest BCUT2D eigenvalue weighted by molar-refractivity contribution is 0.118. The van der Waals surface area contributed by atoms with Crippen LogP contribution in [0, 0.1) is 23.7 Å². The highest BCUT2D eigenvalue weighted by atomic mass is 32.2. The van der Waals surface area contributed by atoms with Gasteiger partial charge in [-0.15, -0.1) is 0 Å². The van der Waals surface area contributed by atoms with Crippen molar-refractivity contribution in [1.82, 2.24) is 15.4 Å². The smallest absolute Gasteiger partial charge is 0.268 e. The second-order valence-corrected chi connectivity index (χ2v) is 13.2. The number of rotatable bonds is 5. The number of hydrogen-bond donors (Lipinski definition) is 4. The van der Waals surface area contributed by atoms with E-state index in [-0.39, 0.29) is 10.4 Å². The van der Waals surface area contributed by atoms with Crippen LogP contribution in [0.4, 0.5) is 0 Å². The fourth-order valence-corrected chi connectivity index (χ4v) is 6.15. The van der Waals surface area contributed by atoms with Crippen LogP contribution in [0.15, 0.2) is 34.6 Å². The van der Waals surface area contributed by atoms with Crippen molar-refractivity contribution in [3.05, 3.63) is 34.6 Å². The van der Waals surface area contributed by atoms with E-state index in [2.05, 4.69) is 62.1 Å². The summed E-state index contributed by atoms with van der Waals surface area (Å²) in [5.41, 5.74) is 2.67. The first-order valence-electron chi connectivity index (χ1n) is 11.9. The van der Waals surface area contributed by atoms with Gasteiger partial charge in [-0.3, -0.25) is 5.32 Å². The third-order valence-corrected chi connectivity index (χ3v) is 8.97. The minimum Gasteiger partial charge on any atom is -0.386 e. The maximum Gasteiger partial charge on any atom is 0.268 e. The largest absolute Gasteiger partial charge is 0.386 e. The molecule has 1 heterocycles. The van der Waals surface area contributed by atoms with Crippen molar-refractivity contribution in [2.45, 2.75) is 93.0 Å². The van der Waals surface area contributed by atoms with Crippen molar-refractivity contribution in [3.63, 3.8) is 0 Å². The van der Waals surface area contributed by atoms with Gasteiger partial charge in [-0.25, -0.2) is 8.42 Å². The van der Waals surface area contributed by atoms with Crippen molar-refractivity contribution < 1.29 is 13.5 Å². The summed E-state index contributed by atoms with van der Waals surface area (Å²) in [7, 11) is -3.93. The lowest BCUT2D eigenvalue weighted by atomic mass is 9.71. The van der Waals surface area contributed by atoms with Crippen LogP contribution in [-0.2, 0) is 10.0 Å². The molecule has 0 bridgehead atoms. The zero-order valence-electron chi connectivity index (χ0n) is 21.6. The molecule has 6 nitrogen and oxygen atoms in total. The van der Waals surface area contributed by atoms with Crippen molar-refractivity contribution in [3.8, 4) is 0 Å². The molecular weight excluding hydrogens is 454 g/mol. The highest BCUT2D eigenvalue weighted by molar-refractivity contribution is 8.16. The molecule has 0 aromatic carbocycles. The first-order valence-corrected chi connectivity index (χ1v) is 13.8. The lowest BCUT2D eigenvalue weighted by Crippen LogP contribution is -2.57. The summed E-state index contributed by atoms with van der Waals surface area (Å²) < 4.78 is 28.8. The van der Waals surface area contributed by atoms with Gasteiger partial charge in [0.2, 0.25) is 4.32 Å². The third kappa shape index (κ3) is 7.21. The number of allylic oxidation sites excluding steroid dienone is 3. The number of hydrogen-bond acceptors (Lipinski definition) is 5. The van der Waals surface area contributed by atoms with Crippen molar-refractivity contribution in [1.29, 1.82) is 0 Å². The minimum atomic E-state index is -3.93. The molecule has 1 saturated heterocycles. The van der Waals surface area contributed by atoms with Crippen LogP contribution in [0.1, 0.15) is 75.2 Å². The van der Waals surface area contributed by atoms with Crippen LogP contribution in [0.3, 0.4) is 0 Å². The molecule has 1 aliphatic heterocycles. The van der Waals surface area contributed by atoms with E-state index in [4.69, 9.17) is 12.2 Å². The van der Waals surface area contributed by atoms with E-state index in [0.29, 0.717) is 41.4 Å². The lowest BCUT2D eigenvalue weighted by Gasteiger charge is -2.42. The summed E-state index contributed by atoms with van der Waals surface area (Å²) in [5.74, 6) is 1.51. The van der Waals surface area contributed by atoms with Crippen LogP contribution in [-0.4, -0.2) is 35.7 Å². The molecule has 33 heavy (non-hydrogen) atoms. The zero-order chi connectivity index (χ0) is 25.3. The average Bonchev–Trinajstić information content (AvgIpc) is 2.65. The van der Waals surface area contributed by atoms with Crippen LogP contribution >= 0.6 is 12.2 Å². The summed E-state index contributed by atoms with van der Waals surface area (Å²) in [5, 5.41) is 16.7. The summed E-state index contributed by atoms with van der Waals surface area (Å²) in [6.45, 7) is 17.8. The van der Waals surface area contributed by atoms with Gasteiger partial charge in [0.15, 0.2) is 0 Å². The van der Waals surface area contributed by atoms with Gasteiger partial charge in [-0.1, -0.05) is 45.4 Å². The Morgan fingerprint density at radius 1 is 1.24 bits per heavy atom. The Balaban J connectivity index is 2.28. The van der Waals surface area contributed by atoms with Gasteiger partial charge < -0.3 is 10.4 Å². The molecular formula is C25H43N3O3S2. The Labute approximate surface area is 206 Å². The first-order chi connectivity index (χ1) is 15.0. The van der Waals surface area contributed by atoms with E-state index in [9.17, 15) is 13.5 Å². The van der Waals surface area contributed by atoms with Gasteiger partial charge in [-0.05, 0) is 94.5 Å². The van der Waals surface area contributed by atoms with Gasteiger partial charge >= 0.3 is 0 Å². The first kappa shape index (κ1) is 28.2. The van der Waals surface area contributed by atoms with Crippen molar-refractivity contribution >= 4 is 26.6 Å². The molecule has 8 heteroatoms. The molecule has 1 aliphatic carbocycles. The summed E-state index contributed by atoms with van der Waals surface area (Å²) in [6, 6.07) is 0.0736. The highest BCUT2D eigenvalue weighted by Gasteiger charge is 2.37. The molecule has 1 fully saturated rings. The second kappa shape index (κ2) is 10.7. The van der Waals surface area contributed by atoms with E-state index in [0.717, 1.165) is 6.42 Å². The number of aliphatic hydroxyl groups is 1. The number of sulfonamides is 1. The molecule has 2 rings (SSSR count). The molecule has 2 aliphatic rings. The maximum atomic E-state index is 13.1. The normalized spacial score (nSPS) is 29.8. The van der Waals surface area contributed by atoms with Crippen molar-refractivity contribution in [2.75, 3.05) is 0 Å². The average molecular weight is 498 g/mol. The summed E-state index contributed by atoms with van der Waals surface area (Å²) in [4.78, 5) is 0. The predicted octanol–water partition coefficient (Wildman–Crippen LogP) is 4.35. The van der Waals surface area contributed by atoms with Gasteiger partial charge in [0.1, 0.15) is 0 Å². The van der Waals surface area contributed by atoms with Gasteiger partial charge in [0, 0.05) is 11.7 Å². The standard InChI is InChI=1S/C25H43N3O3S2/c1-14(2)20-11-16(4)12-21-17(5)10-15(3)13-22(27-23(20)21)28-33(30,31)24(32)26-19(7)18(6)25(8,9)29/h11-12,14-15,17,21-23,27-29H,10,13H2,1-9H3,(H,26,32)/b19-18+/t15-,17?,21?,22+,23?/m0/s1. The fourth-order valence-electron chi connectivity index (χ4n) is 4.92. The van der Waals surface area contributed by atoms with Gasteiger partial charge in [-0.2, -0.15) is 4.72 Å². The zero-order valence-corrected chi connectivity index (χ0v) is 23.2. The maximum absolute atomic E-state index is 13.1. The molecule has 0 spiro atoms. The number of thiocarbonyl (C=S) groups is 1. The van der Waals surface area contributed by atoms with Crippen LogP contribution in [0.25, 0.3) is 0 Å². The summed E-state index contributed by atoms with van der Waals surface area (Å²) >= 11 is 5.25.